The van der Waals surface area contributed by atoms with E-state index >= 15 is 0 Å². The van der Waals surface area contributed by atoms with E-state index in [-0.39, 0.29) is 9.79 Å². The second-order valence-corrected chi connectivity index (χ2v) is 10.4. The SMILES string of the molecule is O=S(=O)(O)c1ccc(-c2cc3ccc4cccnc4c3nc2-c2ccc(S(=O)(=O)O)cc2)cc1. The quantitative estimate of drug-likeness (QED) is 0.274. The number of benzene rings is 3. The van der Waals surface area contributed by atoms with E-state index in [4.69, 9.17) is 4.98 Å². The van der Waals surface area contributed by atoms with Gasteiger partial charge in [-0.2, -0.15) is 16.8 Å². The molecule has 8 nitrogen and oxygen atoms in total. The number of fused-ring (bicyclic) bond motifs is 3. The first-order chi connectivity index (χ1) is 16.1. The first kappa shape index (κ1) is 22.1. The smallest absolute Gasteiger partial charge is 0.282 e. The zero-order chi connectivity index (χ0) is 24.1. The zero-order valence-electron chi connectivity index (χ0n) is 17.3. The third-order valence-electron chi connectivity index (χ3n) is 5.45. The summed E-state index contributed by atoms with van der Waals surface area (Å²) >= 11 is 0. The summed E-state index contributed by atoms with van der Waals surface area (Å²) in [7, 11) is -8.70. The van der Waals surface area contributed by atoms with Crippen LogP contribution in [-0.4, -0.2) is 35.9 Å². The normalized spacial score (nSPS) is 12.3. The second kappa shape index (κ2) is 7.96. The lowest BCUT2D eigenvalue weighted by Gasteiger charge is -2.13. The molecule has 0 unspecified atom stereocenters. The predicted molar refractivity (Wildman–Crippen MR) is 128 cm³/mol. The molecule has 2 heterocycles. The zero-order valence-corrected chi connectivity index (χ0v) is 19.0. The van der Waals surface area contributed by atoms with E-state index in [0.29, 0.717) is 33.4 Å². The Morgan fingerprint density at radius 3 is 1.76 bits per heavy atom. The molecule has 10 heteroatoms. The van der Waals surface area contributed by atoms with Crippen LogP contribution in [-0.2, 0) is 20.2 Å². The highest BCUT2D eigenvalue weighted by molar-refractivity contribution is 7.86. The van der Waals surface area contributed by atoms with E-state index < -0.39 is 20.2 Å². The van der Waals surface area contributed by atoms with Crippen LogP contribution in [0.2, 0.25) is 0 Å². The molecule has 0 aliphatic heterocycles. The van der Waals surface area contributed by atoms with Gasteiger partial charge in [-0.3, -0.25) is 14.1 Å². The monoisotopic (exact) mass is 492 g/mol. The largest absolute Gasteiger partial charge is 0.294 e. The molecular formula is C24H16N2O6S2. The molecule has 0 aliphatic carbocycles. The Morgan fingerprint density at radius 2 is 1.18 bits per heavy atom. The highest BCUT2D eigenvalue weighted by Crippen LogP contribution is 2.36. The standard InChI is InChI=1S/C24H16N2O6S2/c27-33(28,29)19-9-5-15(6-10-19)21-14-18-4-3-16-2-1-13-25-23(16)24(18)26-22(21)17-7-11-20(12-8-17)34(30,31)32/h1-14H,(H,27,28,29)(H,30,31,32). The van der Waals surface area contributed by atoms with Crippen LogP contribution in [0.3, 0.4) is 0 Å². The summed E-state index contributed by atoms with van der Waals surface area (Å²) in [4.78, 5) is 8.85. The Morgan fingerprint density at radius 1 is 0.618 bits per heavy atom. The molecule has 3 aromatic carbocycles. The van der Waals surface area contributed by atoms with Crippen LogP contribution >= 0.6 is 0 Å². The molecule has 0 saturated carbocycles. The van der Waals surface area contributed by atoms with Gasteiger partial charge in [0.2, 0.25) is 0 Å². The van der Waals surface area contributed by atoms with Gasteiger partial charge in [0.25, 0.3) is 20.2 Å². The first-order valence-corrected chi connectivity index (χ1v) is 12.8. The number of hydrogen-bond acceptors (Lipinski definition) is 6. The number of aromatic nitrogens is 2. The Labute approximate surface area is 195 Å². The highest BCUT2D eigenvalue weighted by Gasteiger charge is 2.17. The molecule has 0 fully saturated rings. The minimum atomic E-state index is -4.36. The van der Waals surface area contributed by atoms with Crippen molar-refractivity contribution in [2.75, 3.05) is 0 Å². The Bertz CT molecular complexity index is 1780. The minimum absolute atomic E-state index is 0.237. The molecule has 5 aromatic rings. The summed E-state index contributed by atoms with van der Waals surface area (Å²) in [6.07, 6.45) is 1.67. The van der Waals surface area contributed by atoms with Gasteiger partial charge in [-0.15, -0.1) is 0 Å². The van der Waals surface area contributed by atoms with E-state index in [9.17, 15) is 25.9 Å². The summed E-state index contributed by atoms with van der Waals surface area (Å²) in [5, 5.41) is 1.71. The summed E-state index contributed by atoms with van der Waals surface area (Å²) in [5.41, 5.74) is 3.72. The third kappa shape index (κ3) is 4.03. The minimum Gasteiger partial charge on any atom is -0.282 e. The fourth-order valence-corrected chi connectivity index (χ4v) is 4.77. The topological polar surface area (TPSA) is 135 Å². The maximum absolute atomic E-state index is 11.5. The molecule has 5 rings (SSSR count). The molecule has 2 N–H and O–H groups in total. The van der Waals surface area contributed by atoms with Crippen molar-refractivity contribution in [1.82, 2.24) is 9.97 Å². The summed E-state index contributed by atoms with van der Waals surface area (Å²) in [6, 6.07) is 20.8. The predicted octanol–water partition coefficient (Wildman–Crippen LogP) is 4.61. The van der Waals surface area contributed by atoms with Crippen molar-refractivity contribution >= 4 is 42.0 Å². The first-order valence-electron chi connectivity index (χ1n) is 9.96. The van der Waals surface area contributed by atoms with Gasteiger partial charge in [-0.1, -0.05) is 42.5 Å². The van der Waals surface area contributed by atoms with Crippen molar-refractivity contribution in [2.24, 2.45) is 0 Å². The summed E-state index contributed by atoms with van der Waals surface area (Å²) < 4.78 is 64.4. The van der Waals surface area contributed by atoms with E-state index in [2.05, 4.69) is 4.98 Å². The van der Waals surface area contributed by atoms with Crippen LogP contribution in [0.15, 0.2) is 94.9 Å². The van der Waals surface area contributed by atoms with Gasteiger partial charge in [0.1, 0.15) is 0 Å². The third-order valence-corrected chi connectivity index (χ3v) is 7.18. The molecule has 0 amide bonds. The number of hydrogen-bond donors (Lipinski definition) is 2. The molecule has 0 spiro atoms. The van der Waals surface area contributed by atoms with E-state index in [1.54, 1.807) is 18.3 Å². The molecule has 0 aliphatic rings. The molecule has 0 atom stereocenters. The van der Waals surface area contributed by atoms with Gasteiger partial charge in [-0.05, 0) is 42.0 Å². The van der Waals surface area contributed by atoms with Gasteiger partial charge in [0.15, 0.2) is 0 Å². The molecule has 0 saturated heterocycles. The maximum Gasteiger partial charge on any atom is 0.294 e. The Balaban J connectivity index is 1.79. The van der Waals surface area contributed by atoms with Crippen LogP contribution in [0.5, 0.6) is 0 Å². The van der Waals surface area contributed by atoms with Crippen LogP contribution < -0.4 is 0 Å². The van der Waals surface area contributed by atoms with Crippen molar-refractivity contribution in [3.05, 3.63) is 85.1 Å². The van der Waals surface area contributed by atoms with Crippen LogP contribution in [0, 0.1) is 0 Å². The highest BCUT2D eigenvalue weighted by atomic mass is 32.2. The van der Waals surface area contributed by atoms with Gasteiger partial charge < -0.3 is 0 Å². The summed E-state index contributed by atoms with van der Waals surface area (Å²) in [6.45, 7) is 0. The number of rotatable bonds is 4. The van der Waals surface area contributed by atoms with E-state index in [1.165, 1.54) is 36.4 Å². The molecule has 0 bridgehead atoms. The fourth-order valence-electron chi connectivity index (χ4n) is 3.81. The Kier molecular flexibility index (Phi) is 5.18. The van der Waals surface area contributed by atoms with Crippen molar-refractivity contribution in [1.29, 1.82) is 0 Å². The van der Waals surface area contributed by atoms with E-state index in [1.807, 2.05) is 30.3 Å². The molecule has 170 valence electrons. The van der Waals surface area contributed by atoms with E-state index in [0.717, 1.165) is 10.8 Å². The summed E-state index contributed by atoms with van der Waals surface area (Å²) in [5.74, 6) is 0. The maximum atomic E-state index is 11.5. The van der Waals surface area contributed by atoms with Gasteiger partial charge in [0.05, 0.1) is 26.5 Å². The van der Waals surface area contributed by atoms with Gasteiger partial charge >= 0.3 is 0 Å². The molecule has 0 radical (unpaired) electrons. The van der Waals surface area contributed by atoms with Crippen molar-refractivity contribution < 1.29 is 25.9 Å². The fraction of sp³-hybridized carbons (Fsp3) is 0. The van der Waals surface area contributed by atoms with Crippen molar-refractivity contribution in [2.45, 2.75) is 9.79 Å². The average molecular weight is 493 g/mol. The van der Waals surface area contributed by atoms with Crippen LogP contribution in [0.4, 0.5) is 0 Å². The van der Waals surface area contributed by atoms with Crippen molar-refractivity contribution in [3.8, 4) is 22.4 Å². The number of pyridine rings is 2. The van der Waals surface area contributed by atoms with Crippen LogP contribution in [0.25, 0.3) is 44.2 Å². The number of nitrogens with zero attached hydrogens (tertiary/aromatic N) is 2. The molecular weight excluding hydrogens is 476 g/mol. The average Bonchev–Trinajstić information content (AvgIpc) is 2.82. The molecule has 2 aromatic heterocycles. The van der Waals surface area contributed by atoms with Gasteiger partial charge in [0, 0.05) is 28.1 Å². The second-order valence-electron chi connectivity index (χ2n) is 7.60. The lowest BCUT2D eigenvalue weighted by Crippen LogP contribution is -1.99. The van der Waals surface area contributed by atoms with Crippen LogP contribution in [0.1, 0.15) is 0 Å². The van der Waals surface area contributed by atoms with Gasteiger partial charge in [-0.25, -0.2) is 4.98 Å². The lowest BCUT2D eigenvalue weighted by molar-refractivity contribution is 0.481. The Hall–Kier alpha value is -3.70. The molecule has 34 heavy (non-hydrogen) atoms. The lowest BCUT2D eigenvalue weighted by atomic mass is 9.97. The van der Waals surface area contributed by atoms with Crippen molar-refractivity contribution in [3.63, 3.8) is 0 Å².